The van der Waals surface area contributed by atoms with Gasteiger partial charge >= 0.3 is 0 Å². The molecule has 0 radical (unpaired) electrons. The summed E-state index contributed by atoms with van der Waals surface area (Å²) in [6.45, 7) is 9.45. The number of halogens is 1. The molecule has 0 aliphatic carbocycles. The minimum atomic E-state index is -0.410. The van der Waals surface area contributed by atoms with Crippen LogP contribution in [0.15, 0.2) is 29.3 Å². The average Bonchev–Trinajstić information content (AvgIpc) is 3.07. The Balaban J connectivity index is 2.05. The van der Waals surface area contributed by atoms with Gasteiger partial charge in [0, 0.05) is 37.1 Å². The number of hydrogen-bond donors (Lipinski definition) is 3. The van der Waals surface area contributed by atoms with Gasteiger partial charge in [0.2, 0.25) is 0 Å². The van der Waals surface area contributed by atoms with Crippen molar-refractivity contribution in [3.05, 3.63) is 35.6 Å². The summed E-state index contributed by atoms with van der Waals surface area (Å²) in [5, 5.41) is 16.0. The van der Waals surface area contributed by atoms with Crippen molar-refractivity contribution in [2.24, 2.45) is 10.4 Å². The number of aliphatic hydroxyl groups is 1. The molecule has 1 aliphatic rings. The Morgan fingerprint density at radius 1 is 1.35 bits per heavy atom. The summed E-state index contributed by atoms with van der Waals surface area (Å²) in [7, 11) is 0. The number of ether oxygens (including phenoxy) is 1. The van der Waals surface area contributed by atoms with E-state index < -0.39 is 5.41 Å². The Morgan fingerprint density at radius 3 is 2.73 bits per heavy atom. The number of benzene rings is 1. The van der Waals surface area contributed by atoms with E-state index in [-0.39, 0.29) is 17.8 Å². The molecule has 0 bridgehead atoms. The third-order valence-electron chi connectivity index (χ3n) is 5.04. The van der Waals surface area contributed by atoms with Gasteiger partial charge in [-0.3, -0.25) is 4.99 Å². The van der Waals surface area contributed by atoms with Gasteiger partial charge in [0.15, 0.2) is 5.96 Å². The van der Waals surface area contributed by atoms with Gasteiger partial charge in [-0.25, -0.2) is 4.39 Å². The highest BCUT2D eigenvalue weighted by Gasteiger charge is 2.34. The van der Waals surface area contributed by atoms with Gasteiger partial charge in [0.1, 0.15) is 5.82 Å². The molecule has 1 aliphatic heterocycles. The molecule has 1 aromatic carbocycles. The van der Waals surface area contributed by atoms with Crippen LogP contribution in [0, 0.1) is 11.2 Å². The Hall–Kier alpha value is -1.66. The van der Waals surface area contributed by atoms with Crippen LogP contribution in [0.3, 0.4) is 0 Å². The highest BCUT2D eigenvalue weighted by molar-refractivity contribution is 5.79. The molecule has 1 aromatic rings. The minimum absolute atomic E-state index is 0.0496. The molecule has 1 heterocycles. The largest absolute Gasteiger partial charge is 0.396 e. The summed E-state index contributed by atoms with van der Waals surface area (Å²) in [6, 6.07) is 6.86. The fourth-order valence-corrected chi connectivity index (χ4v) is 3.30. The van der Waals surface area contributed by atoms with Crippen LogP contribution in [0.2, 0.25) is 0 Å². The van der Waals surface area contributed by atoms with Crippen molar-refractivity contribution in [3.63, 3.8) is 0 Å². The van der Waals surface area contributed by atoms with Crippen LogP contribution in [0.5, 0.6) is 0 Å². The lowest BCUT2D eigenvalue weighted by Crippen LogP contribution is -2.45. The Labute approximate surface area is 156 Å². The average molecular weight is 365 g/mol. The van der Waals surface area contributed by atoms with Crippen LogP contribution in [0.25, 0.3) is 0 Å². The highest BCUT2D eigenvalue weighted by Crippen LogP contribution is 2.31. The number of aliphatic hydroxyl groups excluding tert-OH is 1. The van der Waals surface area contributed by atoms with Crippen molar-refractivity contribution < 1.29 is 14.2 Å². The summed E-state index contributed by atoms with van der Waals surface area (Å²) in [5.74, 6) is 0.511. The summed E-state index contributed by atoms with van der Waals surface area (Å²) >= 11 is 0. The normalized spacial score (nSPS) is 21.0. The van der Waals surface area contributed by atoms with Crippen molar-refractivity contribution in [3.8, 4) is 0 Å². The van der Waals surface area contributed by atoms with Gasteiger partial charge < -0.3 is 20.5 Å². The lowest BCUT2D eigenvalue weighted by molar-refractivity contribution is 0.127. The monoisotopic (exact) mass is 365 g/mol. The first-order chi connectivity index (χ1) is 12.4. The molecule has 1 unspecified atom stereocenters. The number of nitrogens with one attached hydrogen (secondary N) is 2. The Kier molecular flexibility index (Phi) is 7.41. The molecule has 0 aromatic heterocycles. The summed E-state index contributed by atoms with van der Waals surface area (Å²) in [5.41, 5.74) is 0.208. The number of guanidine groups is 1. The smallest absolute Gasteiger partial charge is 0.191 e. The number of hydrogen-bond acceptors (Lipinski definition) is 3. The van der Waals surface area contributed by atoms with Crippen molar-refractivity contribution >= 4 is 5.96 Å². The summed E-state index contributed by atoms with van der Waals surface area (Å²) in [6.07, 6.45) is 1.64. The maximum atomic E-state index is 14.1. The number of nitrogens with zero attached hydrogens (tertiary/aromatic N) is 1. The van der Waals surface area contributed by atoms with Crippen LogP contribution in [-0.4, -0.2) is 50.5 Å². The zero-order valence-corrected chi connectivity index (χ0v) is 16.1. The Bertz CT molecular complexity index is 598. The molecule has 0 amide bonds. The van der Waals surface area contributed by atoms with Crippen molar-refractivity contribution in [1.29, 1.82) is 0 Å². The molecule has 3 N–H and O–H groups in total. The summed E-state index contributed by atoms with van der Waals surface area (Å²) in [4.78, 5) is 4.68. The predicted molar refractivity (Wildman–Crippen MR) is 103 cm³/mol. The van der Waals surface area contributed by atoms with Gasteiger partial charge in [-0.15, -0.1) is 0 Å². The summed E-state index contributed by atoms with van der Waals surface area (Å²) < 4.78 is 19.7. The van der Waals surface area contributed by atoms with Crippen molar-refractivity contribution in [2.75, 3.05) is 39.5 Å². The van der Waals surface area contributed by atoms with Gasteiger partial charge in [0.25, 0.3) is 0 Å². The third-order valence-corrected chi connectivity index (χ3v) is 5.04. The zero-order valence-electron chi connectivity index (χ0n) is 16.1. The minimum Gasteiger partial charge on any atom is -0.396 e. The zero-order chi connectivity index (χ0) is 19.0. The van der Waals surface area contributed by atoms with E-state index in [1.807, 2.05) is 32.9 Å². The number of aliphatic imine (C=N–C) groups is 1. The number of rotatable bonds is 8. The fraction of sp³-hybridized carbons (Fsp3) is 0.650. The van der Waals surface area contributed by atoms with Crippen molar-refractivity contribution in [2.45, 2.75) is 39.0 Å². The first-order valence-corrected chi connectivity index (χ1v) is 9.38. The van der Waals surface area contributed by atoms with E-state index in [2.05, 4.69) is 15.6 Å². The lowest BCUT2D eigenvalue weighted by Gasteiger charge is -2.28. The van der Waals surface area contributed by atoms with E-state index >= 15 is 0 Å². The van der Waals surface area contributed by atoms with Gasteiger partial charge in [-0.1, -0.05) is 32.0 Å². The quantitative estimate of drug-likeness (QED) is 0.489. The highest BCUT2D eigenvalue weighted by atomic mass is 19.1. The first kappa shape index (κ1) is 20.6. The van der Waals surface area contributed by atoms with E-state index in [9.17, 15) is 9.50 Å². The van der Waals surface area contributed by atoms with Crippen LogP contribution >= 0.6 is 0 Å². The molecule has 1 atom stereocenters. The molecule has 0 saturated carbocycles. The third kappa shape index (κ3) is 5.42. The molecular weight excluding hydrogens is 333 g/mol. The standard InChI is InChI=1S/C20H32FN3O2/c1-4-22-18(24-14-20(9-11-25)10-12-26-15-20)23-13-19(2,3)16-7-5-6-8-17(16)21/h5-8,25H,4,9-15H2,1-3H3,(H2,22,23,24). The molecule has 1 saturated heterocycles. The topological polar surface area (TPSA) is 65.9 Å². The second-order valence-corrected chi connectivity index (χ2v) is 7.69. The predicted octanol–water partition coefficient (Wildman–Crippen LogP) is 2.45. The first-order valence-electron chi connectivity index (χ1n) is 9.38. The molecule has 0 spiro atoms. The molecule has 146 valence electrons. The van der Waals surface area contributed by atoms with E-state index in [0.29, 0.717) is 37.6 Å². The SMILES string of the molecule is CCNC(=NCC(C)(C)c1ccccc1F)NCC1(CCO)CCOC1. The molecule has 6 heteroatoms. The van der Waals surface area contributed by atoms with Gasteiger partial charge in [-0.2, -0.15) is 0 Å². The van der Waals surface area contributed by atoms with Gasteiger partial charge in [0.05, 0.1) is 13.2 Å². The molecule has 5 nitrogen and oxygen atoms in total. The second kappa shape index (κ2) is 9.33. The van der Waals surface area contributed by atoms with E-state index in [4.69, 9.17) is 4.74 Å². The fourth-order valence-electron chi connectivity index (χ4n) is 3.30. The lowest BCUT2D eigenvalue weighted by atomic mass is 9.84. The van der Waals surface area contributed by atoms with Crippen LogP contribution in [-0.2, 0) is 10.2 Å². The maximum absolute atomic E-state index is 14.1. The van der Waals surface area contributed by atoms with Crippen LogP contribution in [0.4, 0.5) is 4.39 Å². The Morgan fingerprint density at radius 2 is 2.12 bits per heavy atom. The second-order valence-electron chi connectivity index (χ2n) is 7.69. The molecule has 1 fully saturated rings. The van der Waals surface area contributed by atoms with E-state index in [0.717, 1.165) is 19.6 Å². The molecular formula is C20H32FN3O2. The molecule has 2 rings (SSSR count). The maximum Gasteiger partial charge on any atom is 0.191 e. The van der Waals surface area contributed by atoms with Crippen molar-refractivity contribution in [1.82, 2.24) is 10.6 Å². The van der Waals surface area contributed by atoms with Crippen LogP contribution in [0.1, 0.15) is 39.2 Å². The van der Waals surface area contributed by atoms with Crippen LogP contribution < -0.4 is 10.6 Å². The van der Waals surface area contributed by atoms with E-state index in [1.165, 1.54) is 6.07 Å². The van der Waals surface area contributed by atoms with E-state index in [1.54, 1.807) is 6.07 Å². The van der Waals surface area contributed by atoms with Gasteiger partial charge in [-0.05, 0) is 31.4 Å². The molecule has 26 heavy (non-hydrogen) atoms.